The third-order valence-electron chi connectivity index (χ3n) is 5.30. The fourth-order valence-electron chi connectivity index (χ4n) is 3.64. The quantitative estimate of drug-likeness (QED) is 0.708. The summed E-state index contributed by atoms with van der Waals surface area (Å²) in [6.45, 7) is 6.25. The second-order valence-corrected chi connectivity index (χ2v) is 9.23. The number of methoxy groups -OCH3 is 1. The fraction of sp³-hybridized carbons (Fsp3) is 0.417. The number of hydrogen-bond acceptors (Lipinski definition) is 4. The van der Waals surface area contributed by atoms with Crippen molar-refractivity contribution in [3.63, 3.8) is 0 Å². The Balaban J connectivity index is 1.80. The number of hydrogen-bond donors (Lipinski definition) is 1. The molecule has 1 N–H and O–H groups in total. The van der Waals surface area contributed by atoms with Crippen molar-refractivity contribution < 1.29 is 14.3 Å². The molecule has 1 saturated heterocycles. The van der Waals surface area contributed by atoms with Gasteiger partial charge in [-0.2, -0.15) is 0 Å². The van der Waals surface area contributed by atoms with Crippen molar-refractivity contribution in [1.29, 1.82) is 0 Å². The van der Waals surface area contributed by atoms with Gasteiger partial charge in [0, 0.05) is 11.3 Å². The smallest absolute Gasteiger partial charge is 0.255 e. The molecule has 2 aromatic rings. The summed E-state index contributed by atoms with van der Waals surface area (Å²) in [5, 5.41) is 3.09. The van der Waals surface area contributed by atoms with Gasteiger partial charge in [-0.15, -0.1) is 11.8 Å². The highest BCUT2D eigenvalue weighted by atomic mass is 32.2. The zero-order valence-corrected chi connectivity index (χ0v) is 18.8. The van der Waals surface area contributed by atoms with Gasteiger partial charge in [0.15, 0.2) is 0 Å². The van der Waals surface area contributed by atoms with E-state index < -0.39 is 6.04 Å². The summed E-state index contributed by atoms with van der Waals surface area (Å²) in [4.78, 5) is 28.3. The Hall–Kier alpha value is -2.47. The summed E-state index contributed by atoms with van der Waals surface area (Å²) in [6, 6.07) is 16.3. The number of amides is 2. The van der Waals surface area contributed by atoms with E-state index in [0.717, 1.165) is 12.0 Å². The third kappa shape index (κ3) is 5.17. The van der Waals surface area contributed by atoms with Crippen LogP contribution in [-0.2, 0) is 4.79 Å². The van der Waals surface area contributed by atoms with Gasteiger partial charge in [0.05, 0.1) is 18.5 Å². The molecule has 0 radical (unpaired) electrons. The molecule has 1 aliphatic rings. The van der Waals surface area contributed by atoms with Gasteiger partial charge in [-0.1, -0.05) is 44.2 Å². The van der Waals surface area contributed by atoms with Crippen LogP contribution in [0.1, 0.15) is 49.2 Å². The predicted octanol–water partition coefficient (Wildman–Crippen LogP) is 4.50. The molecule has 1 fully saturated rings. The van der Waals surface area contributed by atoms with Gasteiger partial charge in [-0.05, 0) is 49.1 Å². The summed E-state index contributed by atoms with van der Waals surface area (Å²) in [5.41, 5.74) is 1.62. The van der Waals surface area contributed by atoms with Crippen LogP contribution >= 0.6 is 11.8 Å². The van der Waals surface area contributed by atoms with Crippen molar-refractivity contribution in [3.8, 4) is 5.75 Å². The van der Waals surface area contributed by atoms with Crippen molar-refractivity contribution in [2.75, 3.05) is 12.9 Å². The Kier molecular flexibility index (Phi) is 7.43. The molecule has 160 valence electrons. The zero-order valence-electron chi connectivity index (χ0n) is 18.0. The summed E-state index contributed by atoms with van der Waals surface area (Å²) in [7, 11) is 1.60. The molecule has 5 nitrogen and oxygen atoms in total. The molecule has 2 amide bonds. The molecule has 1 aliphatic heterocycles. The molecule has 0 spiro atoms. The SMILES string of the molecule is COc1ccc(C(=O)N2C(CC(C)C)SCC2C(=O)NC(C)c2ccccc2)cc1. The lowest BCUT2D eigenvalue weighted by molar-refractivity contribution is -0.125. The van der Waals surface area contributed by atoms with Crippen molar-refractivity contribution in [2.45, 2.75) is 44.6 Å². The van der Waals surface area contributed by atoms with E-state index in [1.165, 1.54) is 0 Å². The van der Waals surface area contributed by atoms with Gasteiger partial charge in [0.25, 0.3) is 5.91 Å². The number of thioether (sulfide) groups is 1. The van der Waals surface area contributed by atoms with E-state index in [1.54, 1.807) is 48.0 Å². The van der Waals surface area contributed by atoms with Gasteiger partial charge in [0.1, 0.15) is 11.8 Å². The minimum Gasteiger partial charge on any atom is -0.497 e. The number of nitrogens with zero attached hydrogens (tertiary/aromatic N) is 1. The standard InChI is InChI=1S/C24H30N2O3S/c1-16(2)14-22-26(24(28)19-10-12-20(29-4)13-11-19)21(15-30-22)23(27)25-17(3)18-8-6-5-7-9-18/h5-13,16-17,21-22H,14-15H2,1-4H3,(H,25,27). The predicted molar refractivity (Wildman–Crippen MR) is 122 cm³/mol. The van der Waals surface area contributed by atoms with Gasteiger partial charge in [0.2, 0.25) is 5.91 Å². The molecule has 3 unspecified atom stereocenters. The summed E-state index contributed by atoms with van der Waals surface area (Å²) < 4.78 is 5.20. The van der Waals surface area contributed by atoms with Crippen LogP contribution in [0.25, 0.3) is 0 Å². The molecule has 6 heteroatoms. The minimum absolute atomic E-state index is 0.0117. The Morgan fingerprint density at radius 2 is 1.77 bits per heavy atom. The van der Waals surface area contributed by atoms with E-state index in [9.17, 15) is 9.59 Å². The van der Waals surface area contributed by atoms with E-state index in [1.807, 2.05) is 37.3 Å². The summed E-state index contributed by atoms with van der Waals surface area (Å²) in [6.07, 6.45) is 0.852. The Morgan fingerprint density at radius 1 is 1.10 bits per heavy atom. The number of benzene rings is 2. The number of ether oxygens (including phenoxy) is 1. The van der Waals surface area contributed by atoms with Crippen molar-refractivity contribution in [2.24, 2.45) is 5.92 Å². The number of rotatable bonds is 7. The van der Waals surface area contributed by atoms with Gasteiger partial charge >= 0.3 is 0 Å². The van der Waals surface area contributed by atoms with E-state index in [-0.39, 0.29) is 23.2 Å². The van der Waals surface area contributed by atoms with Gasteiger partial charge in [-0.3, -0.25) is 9.59 Å². The van der Waals surface area contributed by atoms with Crippen LogP contribution in [0.2, 0.25) is 0 Å². The van der Waals surface area contributed by atoms with Crippen molar-refractivity contribution >= 4 is 23.6 Å². The van der Waals surface area contributed by atoms with Crippen molar-refractivity contribution in [3.05, 3.63) is 65.7 Å². The van der Waals surface area contributed by atoms with Crippen LogP contribution in [0.4, 0.5) is 0 Å². The third-order valence-corrected chi connectivity index (χ3v) is 6.61. The first-order valence-corrected chi connectivity index (χ1v) is 11.4. The highest BCUT2D eigenvalue weighted by Crippen LogP contribution is 2.35. The molecule has 0 saturated carbocycles. The maximum absolute atomic E-state index is 13.4. The molecule has 1 heterocycles. The fourth-order valence-corrected chi connectivity index (χ4v) is 5.28. The lowest BCUT2D eigenvalue weighted by Crippen LogP contribution is -2.50. The average molecular weight is 427 g/mol. The first-order valence-electron chi connectivity index (χ1n) is 10.3. The second kappa shape index (κ2) is 10.0. The lowest BCUT2D eigenvalue weighted by atomic mass is 10.1. The first-order chi connectivity index (χ1) is 14.4. The molecule has 0 aliphatic carbocycles. The number of carbonyl (C=O) groups excluding carboxylic acids is 2. The monoisotopic (exact) mass is 426 g/mol. The zero-order chi connectivity index (χ0) is 21.7. The second-order valence-electron chi connectivity index (χ2n) is 8.02. The Morgan fingerprint density at radius 3 is 2.37 bits per heavy atom. The van der Waals surface area contributed by atoms with Crippen LogP contribution < -0.4 is 10.1 Å². The molecule has 0 bridgehead atoms. The van der Waals surface area contributed by atoms with Gasteiger partial charge < -0.3 is 15.0 Å². The van der Waals surface area contributed by atoms with Gasteiger partial charge in [-0.25, -0.2) is 0 Å². The molecule has 3 atom stereocenters. The summed E-state index contributed by atoms with van der Waals surface area (Å²) >= 11 is 1.69. The highest BCUT2D eigenvalue weighted by molar-refractivity contribution is 8.00. The van der Waals surface area contributed by atoms with Crippen LogP contribution in [0.5, 0.6) is 5.75 Å². The Bertz CT molecular complexity index is 855. The first kappa shape index (κ1) is 22.2. The van der Waals surface area contributed by atoms with Crippen LogP contribution in [0, 0.1) is 5.92 Å². The van der Waals surface area contributed by atoms with E-state index in [0.29, 0.717) is 23.0 Å². The molecule has 2 aromatic carbocycles. The Labute approximate surface area is 183 Å². The topological polar surface area (TPSA) is 58.6 Å². The molecule has 0 aromatic heterocycles. The molecular weight excluding hydrogens is 396 g/mol. The van der Waals surface area contributed by atoms with Crippen LogP contribution in [-0.4, -0.2) is 41.0 Å². The average Bonchev–Trinajstić information content (AvgIpc) is 3.16. The largest absolute Gasteiger partial charge is 0.497 e. The highest BCUT2D eigenvalue weighted by Gasteiger charge is 2.42. The molecule has 3 rings (SSSR count). The number of carbonyl (C=O) groups is 2. The maximum Gasteiger partial charge on any atom is 0.255 e. The maximum atomic E-state index is 13.4. The number of nitrogens with one attached hydrogen (secondary N) is 1. The van der Waals surface area contributed by atoms with Crippen LogP contribution in [0.3, 0.4) is 0 Å². The van der Waals surface area contributed by atoms with Crippen molar-refractivity contribution in [1.82, 2.24) is 10.2 Å². The molecule has 30 heavy (non-hydrogen) atoms. The lowest BCUT2D eigenvalue weighted by Gasteiger charge is -2.30. The molecular formula is C24H30N2O3S. The van der Waals surface area contributed by atoms with Crippen LogP contribution in [0.15, 0.2) is 54.6 Å². The minimum atomic E-state index is -0.487. The normalized spacial score (nSPS) is 19.6. The van der Waals surface area contributed by atoms with E-state index >= 15 is 0 Å². The summed E-state index contributed by atoms with van der Waals surface area (Å²) in [5.74, 6) is 1.52. The van der Waals surface area contributed by atoms with E-state index in [2.05, 4.69) is 19.2 Å². The van der Waals surface area contributed by atoms with E-state index in [4.69, 9.17) is 4.74 Å².